The summed E-state index contributed by atoms with van der Waals surface area (Å²) >= 11 is 0. The quantitative estimate of drug-likeness (QED) is 0.848. The minimum atomic E-state index is -4.51. The molecule has 1 N–H and O–H groups in total. The molecule has 0 spiro atoms. The molecule has 7 heteroatoms. The van der Waals surface area contributed by atoms with Crippen molar-refractivity contribution in [1.82, 2.24) is 10.5 Å². The van der Waals surface area contributed by atoms with Crippen molar-refractivity contribution in [3.05, 3.63) is 29.6 Å². The zero-order chi connectivity index (χ0) is 13.8. The van der Waals surface area contributed by atoms with Crippen molar-refractivity contribution in [2.45, 2.75) is 20.0 Å². The lowest BCUT2D eigenvalue weighted by molar-refractivity contribution is -0.141. The number of hydroxylamine groups is 1. The van der Waals surface area contributed by atoms with E-state index in [0.717, 1.165) is 18.3 Å². The van der Waals surface area contributed by atoms with Crippen molar-refractivity contribution in [3.63, 3.8) is 0 Å². The summed E-state index contributed by atoms with van der Waals surface area (Å²) < 4.78 is 36.7. The molecular weight excluding hydrogens is 249 g/mol. The van der Waals surface area contributed by atoms with Crippen LogP contribution in [0.3, 0.4) is 0 Å². The molecule has 4 nitrogen and oxygen atoms in total. The molecule has 0 aromatic carbocycles. The third-order valence-corrected chi connectivity index (χ3v) is 1.90. The van der Waals surface area contributed by atoms with Gasteiger partial charge in [-0.15, -0.1) is 0 Å². The van der Waals surface area contributed by atoms with Crippen LogP contribution in [0.25, 0.3) is 0 Å². The number of hydrogen-bond acceptors (Lipinski definition) is 3. The van der Waals surface area contributed by atoms with Crippen LogP contribution in [0.4, 0.5) is 13.2 Å². The first-order valence-corrected chi connectivity index (χ1v) is 5.26. The molecule has 0 fully saturated rings. The first-order chi connectivity index (χ1) is 8.30. The first kappa shape index (κ1) is 14.4. The zero-order valence-corrected chi connectivity index (χ0v) is 9.91. The number of nitrogens with one attached hydrogen (secondary N) is 1. The van der Waals surface area contributed by atoms with Crippen LogP contribution in [0.5, 0.6) is 0 Å². The summed E-state index contributed by atoms with van der Waals surface area (Å²) in [5.74, 6) is -0.395. The van der Waals surface area contributed by atoms with Gasteiger partial charge in [0.15, 0.2) is 0 Å². The average molecular weight is 262 g/mol. The molecule has 1 rings (SSSR count). The minimum Gasteiger partial charge on any atom is -0.273 e. The fourth-order valence-corrected chi connectivity index (χ4v) is 1.03. The molecule has 0 aliphatic rings. The SMILES string of the molecule is CC(C)CONC(=O)c1ccc(C(F)(F)F)nc1. The number of carbonyl (C=O) groups excluding carboxylic acids is 1. The average Bonchev–Trinajstić information content (AvgIpc) is 2.27. The summed E-state index contributed by atoms with van der Waals surface area (Å²) in [6.07, 6.45) is -3.65. The van der Waals surface area contributed by atoms with E-state index < -0.39 is 17.8 Å². The lowest BCUT2D eigenvalue weighted by Crippen LogP contribution is -2.25. The first-order valence-electron chi connectivity index (χ1n) is 5.26. The molecule has 1 aromatic heterocycles. The van der Waals surface area contributed by atoms with Crippen molar-refractivity contribution in [2.75, 3.05) is 6.61 Å². The van der Waals surface area contributed by atoms with Crippen LogP contribution in [0, 0.1) is 5.92 Å². The van der Waals surface area contributed by atoms with E-state index in [0.29, 0.717) is 6.61 Å². The highest BCUT2D eigenvalue weighted by Gasteiger charge is 2.32. The number of nitrogens with zero attached hydrogens (tertiary/aromatic N) is 1. The fraction of sp³-hybridized carbons (Fsp3) is 0.455. The van der Waals surface area contributed by atoms with Crippen molar-refractivity contribution < 1.29 is 22.8 Å². The Morgan fingerprint density at radius 1 is 1.44 bits per heavy atom. The van der Waals surface area contributed by atoms with Crippen molar-refractivity contribution in [3.8, 4) is 0 Å². The lowest BCUT2D eigenvalue weighted by Gasteiger charge is -2.08. The van der Waals surface area contributed by atoms with Crippen molar-refractivity contribution >= 4 is 5.91 Å². The van der Waals surface area contributed by atoms with E-state index in [-0.39, 0.29) is 11.5 Å². The van der Waals surface area contributed by atoms with Gasteiger partial charge >= 0.3 is 6.18 Å². The number of rotatable bonds is 4. The molecule has 100 valence electrons. The topological polar surface area (TPSA) is 51.2 Å². The van der Waals surface area contributed by atoms with E-state index >= 15 is 0 Å². The Kier molecular flexibility index (Phi) is 4.66. The van der Waals surface area contributed by atoms with Gasteiger partial charge < -0.3 is 0 Å². The Bertz CT molecular complexity index is 402. The van der Waals surface area contributed by atoms with Crippen LogP contribution in [0.2, 0.25) is 0 Å². The van der Waals surface area contributed by atoms with Gasteiger partial charge in [-0.05, 0) is 18.1 Å². The van der Waals surface area contributed by atoms with Gasteiger partial charge in [-0.3, -0.25) is 14.6 Å². The maximum absolute atomic E-state index is 12.2. The Hall–Kier alpha value is -1.63. The molecule has 0 saturated heterocycles. The highest BCUT2D eigenvalue weighted by molar-refractivity contribution is 5.93. The molecule has 18 heavy (non-hydrogen) atoms. The number of aromatic nitrogens is 1. The number of halogens is 3. The third-order valence-electron chi connectivity index (χ3n) is 1.90. The van der Waals surface area contributed by atoms with Crippen LogP contribution in [-0.2, 0) is 11.0 Å². The monoisotopic (exact) mass is 262 g/mol. The van der Waals surface area contributed by atoms with Crippen LogP contribution in [0.15, 0.2) is 18.3 Å². The van der Waals surface area contributed by atoms with Crippen LogP contribution >= 0.6 is 0 Å². The van der Waals surface area contributed by atoms with Crippen molar-refractivity contribution in [2.24, 2.45) is 5.92 Å². The summed E-state index contributed by atoms with van der Waals surface area (Å²) in [5, 5.41) is 0. The molecule has 1 aromatic rings. The van der Waals surface area contributed by atoms with E-state index in [1.807, 2.05) is 13.8 Å². The number of hydrogen-bond donors (Lipinski definition) is 1. The lowest BCUT2D eigenvalue weighted by atomic mass is 10.2. The predicted molar refractivity (Wildman–Crippen MR) is 57.5 cm³/mol. The second-order valence-electron chi connectivity index (χ2n) is 4.07. The normalized spacial score (nSPS) is 11.7. The Morgan fingerprint density at radius 2 is 2.11 bits per heavy atom. The molecule has 0 bridgehead atoms. The van der Waals surface area contributed by atoms with Gasteiger partial charge in [-0.25, -0.2) is 5.48 Å². The summed E-state index contributed by atoms with van der Waals surface area (Å²) in [6.45, 7) is 4.11. The molecular formula is C11H13F3N2O2. The largest absolute Gasteiger partial charge is 0.433 e. The molecule has 0 unspecified atom stereocenters. The zero-order valence-electron chi connectivity index (χ0n) is 9.91. The summed E-state index contributed by atoms with van der Waals surface area (Å²) in [6, 6.07) is 1.79. The molecule has 0 aliphatic heterocycles. The van der Waals surface area contributed by atoms with Crippen LogP contribution in [0.1, 0.15) is 29.9 Å². The second-order valence-corrected chi connectivity index (χ2v) is 4.07. The van der Waals surface area contributed by atoms with E-state index in [1.165, 1.54) is 0 Å². The second kappa shape index (κ2) is 5.81. The van der Waals surface area contributed by atoms with Gasteiger partial charge in [0.2, 0.25) is 0 Å². The predicted octanol–water partition coefficient (Wildman–Crippen LogP) is 2.42. The molecule has 0 atom stereocenters. The highest BCUT2D eigenvalue weighted by Crippen LogP contribution is 2.27. The maximum Gasteiger partial charge on any atom is 0.433 e. The Morgan fingerprint density at radius 3 is 2.56 bits per heavy atom. The highest BCUT2D eigenvalue weighted by atomic mass is 19.4. The third kappa shape index (κ3) is 4.33. The van der Waals surface area contributed by atoms with Gasteiger partial charge in [-0.2, -0.15) is 13.2 Å². The van der Waals surface area contributed by atoms with E-state index in [9.17, 15) is 18.0 Å². The number of carbonyl (C=O) groups is 1. The van der Waals surface area contributed by atoms with Gasteiger partial charge in [0, 0.05) is 6.20 Å². The Balaban J connectivity index is 2.60. The molecule has 0 saturated carbocycles. The van der Waals surface area contributed by atoms with Crippen LogP contribution < -0.4 is 5.48 Å². The van der Waals surface area contributed by atoms with Gasteiger partial charge in [-0.1, -0.05) is 13.8 Å². The number of pyridine rings is 1. The fourth-order valence-electron chi connectivity index (χ4n) is 1.03. The Labute approximate surface area is 102 Å². The van der Waals surface area contributed by atoms with E-state index in [1.54, 1.807) is 0 Å². The summed E-state index contributed by atoms with van der Waals surface area (Å²) in [7, 11) is 0. The molecule has 1 amide bonds. The van der Waals surface area contributed by atoms with Gasteiger partial charge in [0.05, 0.1) is 12.2 Å². The van der Waals surface area contributed by atoms with E-state index in [2.05, 4.69) is 10.5 Å². The molecule has 1 heterocycles. The molecule has 0 radical (unpaired) electrons. The maximum atomic E-state index is 12.2. The van der Waals surface area contributed by atoms with Crippen LogP contribution in [-0.4, -0.2) is 17.5 Å². The van der Waals surface area contributed by atoms with Gasteiger partial charge in [0.1, 0.15) is 5.69 Å². The van der Waals surface area contributed by atoms with E-state index in [4.69, 9.17) is 4.84 Å². The minimum absolute atomic E-state index is 0.00626. The summed E-state index contributed by atoms with van der Waals surface area (Å²) in [5.41, 5.74) is 1.09. The smallest absolute Gasteiger partial charge is 0.273 e. The standard InChI is InChI=1S/C11H13F3N2O2/c1-7(2)6-18-16-10(17)8-3-4-9(15-5-8)11(12,13)14/h3-5,7H,6H2,1-2H3,(H,16,17). The van der Waals surface area contributed by atoms with Gasteiger partial charge in [0.25, 0.3) is 5.91 Å². The summed E-state index contributed by atoms with van der Waals surface area (Å²) in [4.78, 5) is 19.5. The molecule has 0 aliphatic carbocycles. The number of alkyl halides is 3. The van der Waals surface area contributed by atoms with Crippen molar-refractivity contribution in [1.29, 1.82) is 0 Å². The number of amides is 1.